The number of carbonyl (C=O) groups excluding carboxylic acids is 1. The minimum absolute atomic E-state index is 0.106. The molecule has 3 heteroatoms. The van der Waals surface area contributed by atoms with Crippen molar-refractivity contribution in [2.24, 2.45) is 5.92 Å². The number of hydrogen-bond acceptors (Lipinski definition) is 1. The van der Waals surface area contributed by atoms with Crippen molar-refractivity contribution in [3.05, 3.63) is 12.2 Å². The monoisotopic (exact) mass is 189 g/mol. The van der Waals surface area contributed by atoms with Gasteiger partial charge in [-0.1, -0.05) is 26.0 Å². The first-order chi connectivity index (χ1) is 5.72. The zero-order valence-electron chi connectivity index (χ0n) is 7.64. The highest BCUT2D eigenvalue weighted by Crippen LogP contribution is 1.98. The summed E-state index contributed by atoms with van der Waals surface area (Å²) >= 11 is 5.41. The Hall–Kier alpha value is -0.500. The Kier molecular flexibility index (Phi) is 6.87. The number of amides is 1. The van der Waals surface area contributed by atoms with Crippen LogP contribution in [-0.2, 0) is 4.79 Å². The highest BCUT2D eigenvalue weighted by atomic mass is 35.5. The van der Waals surface area contributed by atoms with Crippen LogP contribution < -0.4 is 5.32 Å². The summed E-state index contributed by atoms with van der Waals surface area (Å²) in [4.78, 5) is 11.2. The van der Waals surface area contributed by atoms with Crippen LogP contribution in [0.5, 0.6) is 0 Å². The Balaban J connectivity index is 3.50. The van der Waals surface area contributed by atoms with E-state index in [0.29, 0.717) is 12.4 Å². The van der Waals surface area contributed by atoms with E-state index in [-0.39, 0.29) is 11.8 Å². The summed E-state index contributed by atoms with van der Waals surface area (Å²) in [5.74, 6) is 0.713. The molecule has 0 aromatic heterocycles. The fraction of sp³-hybridized carbons (Fsp3) is 0.667. The first kappa shape index (κ1) is 11.5. The van der Waals surface area contributed by atoms with Crippen LogP contribution in [0.2, 0.25) is 0 Å². The van der Waals surface area contributed by atoms with Crippen molar-refractivity contribution in [3.63, 3.8) is 0 Å². The van der Waals surface area contributed by atoms with Crippen molar-refractivity contribution in [2.45, 2.75) is 20.3 Å². The largest absolute Gasteiger partial charge is 0.352 e. The van der Waals surface area contributed by atoms with E-state index in [0.717, 1.165) is 6.42 Å². The zero-order chi connectivity index (χ0) is 9.40. The Morgan fingerprint density at radius 1 is 1.58 bits per heavy atom. The van der Waals surface area contributed by atoms with Crippen molar-refractivity contribution in [1.82, 2.24) is 5.32 Å². The predicted octanol–water partition coefficient (Wildman–Crippen LogP) is 1.94. The van der Waals surface area contributed by atoms with Gasteiger partial charge in [-0.05, 0) is 6.42 Å². The van der Waals surface area contributed by atoms with Crippen LogP contribution >= 0.6 is 11.6 Å². The van der Waals surface area contributed by atoms with Gasteiger partial charge in [0.15, 0.2) is 0 Å². The number of rotatable bonds is 5. The standard InChI is InChI=1S/C9H16ClNO/c1-3-8(2)9(12)11-7-5-4-6-10/h4-5,8H,3,6-7H2,1-2H3,(H,11,12)/b5-4+. The fourth-order valence-electron chi connectivity index (χ4n) is 0.665. The molecule has 1 atom stereocenters. The van der Waals surface area contributed by atoms with Crippen molar-refractivity contribution < 1.29 is 4.79 Å². The average Bonchev–Trinajstić information content (AvgIpc) is 2.10. The maximum Gasteiger partial charge on any atom is 0.223 e. The second kappa shape index (κ2) is 7.17. The highest BCUT2D eigenvalue weighted by Gasteiger charge is 2.07. The average molecular weight is 190 g/mol. The molecule has 0 bridgehead atoms. The first-order valence-electron chi connectivity index (χ1n) is 4.21. The summed E-state index contributed by atoms with van der Waals surface area (Å²) < 4.78 is 0. The summed E-state index contributed by atoms with van der Waals surface area (Å²) in [6, 6.07) is 0. The van der Waals surface area contributed by atoms with Gasteiger partial charge >= 0.3 is 0 Å². The quantitative estimate of drug-likeness (QED) is 0.520. The minimum Gasteiger partial charge on any atom is -0.352 e. The molecule has 0 aliphatic carbocycles. The van der Waals surface area contributed by atoms with Crippen LogP contribution in [0.15, 0.2) is 12.2 Å². The first-order valence-corrected chi connectivity index (χ1v) is 4.74. The number of halogens is 1. The summed E-state index contributed by atoms with van der Waals surface area (Å²) in [6.45, 7) is 4.50. The van der Waals surface area contributed by atoms with Crippen molar-refractivity contribution >= 4 is 17.5 Å². The van der Waals surface area contributed by atoms with Crippen LogP contribution in [0.1, 0.15) is 20.3 Å². The van der Waals surface area contributed by atoms with E-state index in [1.807, 2.05) is 26.0 Å². The molecule has 1 amide bonds. The topological polar surface area (TPSA) is 29.1 Å². The molecule has 1 unspecified atom stereocenters. The predicted molar refractivity (Wildman–Crippen MR) is 52.3 cm³/mol. The Morgan fingerprint density at radius 3 is 2.75 bits per heavy atom. The van der Waals surface area contributed by atoms with Crippen molar-refractivity contribution in [1.29, 1.82) is 0 Å². The van der Waals surface area contributed by atoms with Gasteiger partial charge in [0.2, 0.25) is 5.91 Å². The van der Waals surface area contributed by atoms with Gasteiger partial charge in [-0.25, -0.2) is 0 Å². The lowest BCUT2D eigenvalue weighted by Gasteiger charge is -2.07. The molecule has 0 aromatic rings. The lowest BCUT2D eigenvalue weighted by molar-refractivity contribution is -0.124. The molecule has 0 aliphatic heterocycles. The Bertz CT molecular complexity index is 157. The molecule has 0 fully saturated rings. The number of allylic oxidation sites excluding steroid dienone is 1. The second-order valence-corrected chi connectivity index (χ2v) is 2.99. The van der Waals surface area contributed by atoms with E-state index in [2.05, 4.69) is 5.32 Å². The minimum atomic E-state index is 0.106. The molecule has 70 valence electrons. The van der Waals surface area contributed by atoms with E-state index >= 15 is 0 Å². The SMILES string of the molecule is CCC(C)C(=O)NC/C=C/CCl. The molecule has 0 saturated heterocycles. The van der Waals surface area contributed by atoms with Gasteiger partial charge in [-0.2, -0.15) is 0 Å². The number of hydrogen-bond donors (Lipinski definition) is 1. The number of nitrogens with one attached hydrogen (secondary N) is 1. The zero-order valence-corrected chi connectivity index (χ0v) is 8.40. The molecular formula is C9H16ClNO. The highest BCUT2D eigenvalue weighted by molar-refractivity contribution is 6.18. The van der Waals surface area contributed by atoms with Crippen LogP contribution in [0.4, 0.5) is 0 Å². The van der Waals surface area contributed by atoms with Crippen LogP contribution in [0, 0.1) is 5.92 Å². The molecule has 1 N–H and O–H groups in total. The van der Waals surface area contributed by atoms with E-state index in [1.165, 1.54) is 0 Å². The van der Waals surface area contributed by atoms with E-state index in [4.69, 9.17) is 11.6 Å². The Morgan fingerprint density at radius 2 is 2.25 bits per heavy atom. The third kappa shape index (κ3) is 5.19. The molecular weight excluding hydrogens is 174 g/mol. The molecule has 0 saturated carbocycles. The molecule has 0 rings (SSSR count). The third-order valence-electron chi connectivity index (χ3n) is 1.71. The molecule has 0 spiro atoms. The smallest absolute Gasteiger partial charge is 0.223 e. The van der Waals surface area contributed by atoms with E-state index in [9.17, 15) is 4.79 Å². The number of carbonyl (C=O) groups is 1. The van der Waals surface area contributed by atoms with Gasteiger partial charge in [0.05, 0.1) is 0 Å². The van der Waals surface area contributed by atoms with E-state index in [1.54, 1.807) is 0 Å². The van der Waals surface area contributed by atoms with Gasteiger partial charge in [0.1, 0.15) is 0 Å². The molecule has 2 nitrogen and oxygen atoms in total. The summed E-state index contributed by atoms with van der Waals surface area (Å²) in [5, 5.41) is 2.78. The van der Waals surface area contributed by atoms with Crippen molar-refractivity contribution in [2.75, 3.05) is 12.4 Å². The van der Waals surface area contributed by atoms with E-state index < -0.39 is 0 Å². The second-order valence-electron chi connectivity index (χ2n) is 2.68. The lowest BCUT2D eigenvalue weighted by atomic mass is 10.1. The summed E-state index contributed by atoms with van der Waals surface area (Å²) in [6.07, 6.45) is 4.55. The van der Waals surface area contributed by atoms with Crippen LogP contribution in [0.3, 0.4) is 0 Å². The van der Waals surface area contributed by atoms with Crippen molar-refractivity contribution in [3.8, 4) is 0 Å². The molecule has 12 heavy (non-hydrogen) atoms. The summed E-state index contributed by atoms with van der Waals surface area (Å²) in [5.41, 5.74) is 0. The fourth-order valence-corrected chi connectivity index (χ4v) is 0.791. The maximum atomic E-state index is 11.2. The normalized spacial score (nSPS) is 13.2. The molecule has 0 heterocycles. The third-order valence-corrected chi connectivity index (χ3v) is 1.89. The molecule has 0 aliphatic rings. The van der Waals surface area contributed by atoms with Gasteiger partial charge < -0.3 is 5.32 Å². The Labute approximate surface area is 79.0 Å². The summed E-state index contributed by atoms with van der Waals surface area (Å²) in [7, 11) is 0. The maximum absolute atomic E-state index is 11.2. The van der Waals surface area contributed by atoms with Gasteiger partial charge in [-0.3, -0.25) is 4.79 Å². The lowest BCUT2D eigenvalue weighted by Crippen LogP contribution is -2.28. The van der Waals surface area contributed by atoms with Gasteiger partial charge in [0.25, 0.3) is 0 Å². The van der Waals surface area contributed by atoms with Gasteiger partial charge in [-0.15, -0.1) is 11.6 Å². The molecule has 0 radical (unpaired) electrons. The van der Waals surface area contributed by atoms with Crippen LogP contribution in [0.25, 0.3) is 0 Å². The van der Waals surface area contributed by atoms with Crippen LogP contribution in [-0.4, -0.2) is 18.3 Å². The van der Waals surface area contributed by atoms with Gasteiger partial charge in [0, 0.05) is 18.3 Å². The number of alkyl halides is 1. The molecule has 0 aromatic carbocycles.